The number of nitro benzene ring substituents is 1. The Morgan fingerprint density at radius 3 is 2.34 bits per heavy atom. The number of anilines is 1. The zero-order valence-electron chi connectivity index (χ0n) is 17.3. The van der Waals surface area contributed by atoms with Crippen molar-refractivity contribution in [1.29, 1.82) is 0 Å². The predicted molar refractivity (Wildman–Crippen MR) is 115 cm³/mol. The van der Waals surface area contributed by atoms with Crippen molar-refractivity contribution in [2.24, 2.45) is 0 Å². The number of benzene rings is 2. The van der Waals surface area contributed by atoms with Crippen LogP contribution in [0.15, 0.2) is 40.8 Å². The van der Waals surface area contributed by atoms with Crippen LogP contribution in [0.4, 0.5) is 11.4 Å². The third-order valence-corrected chi connectivity index (χ3v) is 4.87. The van der Waals surface area contributed by atoms with Gasteiger partial charge in [0.1, 0.15) is 33.8 Å². The van der Waals surface area contributed by atoms with Crippen LogP contribution in [-0.2, 0) is 6.42 Å². The van der Waals surface area contributed by atoms with Gasteiger partial charge in [-0.15, -0.1) is 0 Å². The van der Waals surface area contributed by atoms with Crippen molar-refractivity contribution in [3.05, 3.63) is 68.6 Å². The van der Waals surface area contributed by atoms with Crippen LogP contribution in [0.3, 0.4) is 0 Å². The first-order chi connectivity index (χ1) is 15.3. The lowest BCUT2D eigenvalue weighted by atomic mass is 10.1. The van der Waals surface area contributed by atoms with E-state index >= 15 is 0 Å². The summed E-state index contributed by atoms with van der Waals surface area (Å²) >= 11 is 5.84. The smallest absolute Gasteiger partial charge is 0.291 e. The quantitative estimate of drug-likeness (QED) is 0.285. The molecule has 11 heteroatoms. The van der Waals surface area contributed by atoms with Gasteiger partial charge < -0.3 is 29.1 Å². The Hall–Kier alpha value is -3.92. The summed E-state index contributed by atoms with van der Waals surface area (Å²) in [7, 11) is 4.56. The number of methoxy groups -OCH3 is 3. The number of nitrogens with one attached hydrogen (secondary N) is 1. The molecular formula is C21H19ClN2O8. The predicted octanol–water partition coefficient (Wildman–Crippen LogP) is 4.42. The summed E-state index contributed by atoms with van der Waals surface area (Å²) in [6.45, 7) is 0. The van der Waals surface area contributed by atoms with Crippen molar-refractivity contribution in [1.82, 2.24) is 0 Å². The highest BCUT2D eigenvalue weighted by Gasteiger charge is 2.21. The first-order valence-corrected chi connectivity index (χ1v) is 9.51. The van der Waals surface area contributed by atoms with Gasteiger partial charge in [-0.1, -0.05) is 11.6 Å². The number of phenols is 1. The van der Waals surface area contributed by atoms with Gasteiger partial charge in [-0.25, -0.2) is 0 Å². The van der Waals surface area contributed by atoms with E-state index in [9.17, 15) is 20.0 Å². The molecule has 0 saturated carbocycles. The molecule has 0 unspecified atom stereocenters. The van der Waals surface area contributed by atoms with E-state index in [-0.39, 0.29) is 22.9 Å². The number of hydrogen-bond donors (Lipinski definition) is 2. The fraction of sp³-hybridized carbons (Fsp3) is 0.190. The van der Waals surface area contributed by atoms with Crippen molar-refractivity contribution < 1.29 is 33.5 Å². The Labute approximate surface area is 187 Å². The maximum Gasteiger partial charge on any atom is 0.291 e. The Kier molecular flexibility index (Phi) is 6.74. The summed E-state index contributed by atoms with van der Waals surface area (Å²) in [6, 6.07) is 8.42. The molecule has 0 aliphatic rings. The number of nitro groups is 1. The number of aromatic hydroxyl groups is 1. The lowest BCUT2D eigenvalue weighted by Gasteiger charge is -2.14. The molecule has 1 aromatic heterocycles. The highest BCUT2D eigenvalue weighted by molar-refractivity contribution is 6.33. The monoisotopic (exact) mass is 462 g/mol. The Morgan fingerprint density at radius 2 is 1.78 bits per heavy atom. The molecule has 0 saturated heterocycles. The Balaban J connectivity index is 1.82. The highest BCUT2D eigenvalue weighted by Crippen LogP contribution is 2.37. The summed E-state index contributed by atoms with van der Waals surface area (Å²) in [6.07, 6.45) is 0.262. The molecule has 2 aromatic carbocycles. The van der Waals surface area contributed by atoms with Crippen LogP contribution in [0.1, 0.15) is 21.9 Å². The molecule has 0 atom stereocenters. The van der Waals surface area contributed by atoms with Crippen LogP contribution >= 0.6 is 11.6 Å². The summed E-state index contributed by atoms with van der Waals surface area (Å²) in [4.78, 5) is 22.7. The first-order valence-electron chi connectivity index (χ1n) is 9.13. The maximum atomic E-state index is 12.5. The number of furan rings is 1. The number of carbonyl (C=O) groups is 1. The van der Waals surface area contributed by atoms with Crippen LogP contribution in [0.5, 0.6) is 23.0 Å². The molecule has 2 N–H and O–H groups in total. The Bertz CT molecular complexity index is 1150. The summed E-state index contributed by atoms with van der Waals surface area (Å²) in [5.74, 6) is 0.828. The molecule has 10 nitrogen and oxygen atoms in total. The number of nitrogens with zero attached hydrogens (tertiary/aromatic N) is 1. The molecule has 0 bridgehead atoms. The summed E-state index contributed by atoms with van der Waals surface area (Å²) in [5.41, 5.74) is 0.115. The number of ether oxygens (including phenoxy) is 3. The normalized spacial score (nSPS) is 10.5. The maximum absolute atomic E-state index is 12.5. The summed E-state index contributed by atoms with van der Waals surface area (Å²) in [5, 5.41) is 23.0. The van der Waals surface area contributed by atoms with Gasteiger partial charge in [-0.3, -0.25) is 14.9 Å². The third-order valence-electron chi connectivity index (χ3n) is 4.56. The van der Waals surface area contributed by atoms with Gasteiger partial charge in [-0.2, -0.15) is 0 Å². The molecule has 0 radical (unpaired) electrons. The van der Waals surface area contributed by atoms with E-state index in [0.29, 0.717) is 28.6 Å². The van der Waals surface area contributed by atoms with E-state index in [1.54, 1.807) is 18.2 Å². The average molecular weight is 463 g/mol. The van der Waals surface area contributed by atoms with Crippen molar-refractivity contribution in [2.45, 2.75) is 6.42 Å². The van der Waals surface area contributed by atoms with E-state index < -0.39 is 22.3 Å². The second-order valence-electron chi connectivity index (χ2n) is 6.49. The average Bonchev–Trinajstić information content (AvgIpc) is 3.24. The minimum atomic E-state index is -0.742. The number of carbonyl (C=O) groups excluding carboxylic acids is 1. The van der Waals surface area contributed by atoms with E-state index in [1.165, 1.54) is 27.4 Å². The minimum absolute atomic E-state index is 0.0414. The second-order valence-corrected chi connectivity index (χ2v) is 6.89. The van der Waals surface area contributed by atoms with Gasteiger partial charge in [0.05, 0.1) is 38.0 Å². The summed E-state index contributed by atoms with van der Waals surface area (Å²) < 4.78 is 21.7. The van der Waals surface area contributed by atoms with E-state index in [0.717, 1.165) is 12.1 Å². The first kappa shape index (κ1) is 22.8. The van der Waals surface area contributed by atoms with Gasteiger partial charge in [0.2, 0.25) is 0 Å². The molecule has 168 valence electrons. The van der Waals surface area contributed by atoms with Crippen LogP contribution in [-0.4, -0.2) is 37.3 Å². The lowest BCUT2D eigenvalue weighted by Crippen LogP contribution is -2.11. The zero-order chi connectivity index (χ0) is 23.4. The van der Waals surface area contributed by atoms with Gasteiger partial charge in [0.25, 0.3) is 11.6 Å². The van der Waals surface area contributed by atoms with Gasteiger partial charge >= 0.3 is 0 Å². The number of amides is 1. The molecular weight excluding hydrogens is 444 g/mol. The molecule has 0 aliphatic heterocycles. The van der Waals surface area contributed by atoms with E-state index in [1.807, 2.05) is 0 Å². The molecule has 32 heavy (non-hydrogen) atoms. The van der Waals surface area contributed by atoms with Gasteiger partial charge in [0.15, 0.2) is 5.76 Å². The molecule has 3 aromatic rings. The van der Waals surface area contributed by atoms with Gasteiger partial charge in [0, 0.05) is 24.1 Å². The minimum Gasteiger partial charge on any atom is -0.506 e. The third kappa shape index (κ3) is 4.70. The van der Waals surface area contributed by atoms with Gasteiger partial charge in [-0.05, 0) is 18.2 Å². The Morgan fingerprint density at radius 1 is 1.12 bits per heavy atom. The number of phenolic OH excluding ortho intramolecular Hbond substituents is 1. The topological polar surface area (TPSA) is 133 Å². The van der Waals surface area contributed by atoms with Crippen molar-refractivity contribution >= 4 is 28.9 Å². The van der Waals surface area contributed by atoms with Crippen molar-refractivity contribution in [3.8, 4) is 23.0 Å². The van der Waals surface area contributed by atoms with Crippen LogP contribution in [0.25, 0.3) is 0 Å². The number of rotatable bonds is 8. The second kappa shape index (κ2) is 9.48. The SMILES string of the molecule is COc1cc(OC)c(Cc2ccc(C(=O)Nc3cc(Cl)c([N+](=O)[O-])cc3O)o2)c(OC)c1. The molecule has 3 rings (SSSR count). The van der Waals surface area contributed by atoms with E-state index in [2.05, 4.69) is 5.32 Å². The molecule has 1 heterocycles. The zero-order valence-corrected chi connectivity index (χ0v) is 18.1. The molecule has 0 fully saturated rings. The molecule has 0 spiro atoms. The molecule has 0 aliphatic carbocycles. The van der Waals surface area contributed by atoms with Crippen molar-refractivity contribution in [2.75, 3.05) is 26.6 Å². The fourth-order valence-electron chi connectivity index (χ4n) is 3.00. The molecule has 1 amide bonds. The fourth-order valence-corrected chi connectivity index (χ4v) is 3.23. The van der Waals surface area contributed by atoms with E-state index in [4.69, 9.17) is 30.2 Å². The number of hydrogen-bond acceptors (Lipinski definition) is 8. The van der Waals surface area contributed by atoms with Crippen LogP contribution in [0.2, 0.25) is 5.02 Å². The van der Waals surface area contributed by atoms with Crippen LogP contribution in [0, 0.1) is 10.1 Å². The van der Waals surface area contributed by atoms with Crippen LogP contribution < -0.4 is 19.5 Å². The highest BCUT2D eigenvalue weighted by atomic mass is 35.5. The van der Waals surface area contributed by atoms with Crippen molar-refractivity contribution in [3.63, 3.8) is 0 Å². The standard InChI is InChI=1S/C21H19ClN2O8/c1-29-12-7-19(30-2)13(20(8-12)31-3)6-11-4-5-18(32-11)21(26)23-15-9-14(22)16(24(27)28)10-17(15)25/h4-5,7-10,25H,6H2,1-3H3,(H,23,26). The number of halogens is 1. The largest absolute Gasteiger partial charge is 0.506 e. The lowest BCUT2D eigenvalue weighted by molar-refractivity contribution is -0.384.